The Morgan fingerprint density at radius 2 is 1.00 bits per heavy atom. The molecule has 0 heterocycles. The summed E-state index contributed by atoms with van der Waals surface area (Å²) in [5, 5.41) is 0. The van der Waals surface area contributed by atoms with Gasteiger partial charge in [-0.1, -0.05) is 0 Å². The van der Waals surface area contributed by atoms with Gasteiger partial charge in [-0.15, -0.1) is 0 Å². The van der Waals surface area contributed by atoms with Crippen molar-refractivity contribution in [1.29, 1.82) is 0 Å². The van der Waals surface area contributed by atoms with Crippen molar-refractivity contribution in [2.24, 2.45) is 0 Å². The Labute approximate surface area is 73.7 Å². The summed E-state index contributed by atoms with van der Waals surface area (Å²) in [6.07, 6.45) is 0. The Morgan fingerprint density at radius 3 is 1.00 bits per heavy atom. The van der Waals surface area contributed by atoms with E-state index in [1.165, 1.54) is 0 Å². The van der Waals surface area contributed by atoms with Crippen molar-refractivity contribution in [3.63, 3.8) is 0 Å². The molecule has 0 aliphatic heterocycles. The molecule has 0 bridgehead atoms. The number of hydrogen-bond acceptors (Lipinski definition) is 0. The van der Waals surface area contributed by atoms with Crippen molar-refractivity contribution in [3.8, 4) is 0 Å². The molecule has 0 aromatic rings. The van der Waals surface area contributed by atoms with Crippen LogP contribution in [0, 0.1) is 0 Å². The molecule has 31 valence electrons. The van der Waals surface area contributed by atoms with Crippen molar-refractivity contribution in [2.75, 3.05) is 0 Å². The molecule has 0 saturated heterocycles. The molecule has 0 aliphatic carbocycles. The molecule has 0 amide bonds. The molecular weight excluding hydrogens is 288 g/mol. The first kappa shape index (κ1) is 33.1. The van der Waals surface area contributed by atoms with Gasteiger partial charge in [-0.2, -0.15) is 0 Å². The molecule has 0 aromatic heterocycles. The molecule has 0 N–H and O–H groups in total. The fourth-order valence-corrected chi connectivity index (χ4v) is 0. The summed E-state index contributed by atoms with van der Waals surface area (Å²) < 4.78 is 0. The Bertz CT molecular complexity index is 8.00. The third-order valence-corrected chi connectivity index (χ3v) is 0. The molecule has 0 aromatic carbocycles. The van der Waals surface area contributed by atoms with Crippen LogP contribution in [-0.4, -0.2) is 23.9 Å². The van der Waals surface area contributed by atoms with Crippen molar-refractivity contribution in [2.45, 2.75) is 0 Å². The van der Waals surface area contributed by atoms with E-state index < -0.39 is 0 Å². The van der Waals surface area contributed by atoms with Gasteiger partial charge in [0, 0.05) is 50.6 Å². The van der Waals surface area contributed by atoms with Gasteiger partial charge in [0.2, 0.25) is 0 Å². The summed E-state index contributed by atoms with van der Waals surface area (Å²) in [4.78, 5) is 0. The predicted molar refractivity (Wildman–Crippen MR) is 8.54 cm³/mol. The first-order valence-electron chi connectivity index (χ1n) is 0. The zero-order chi connectivity index (χ0) is 0. The maximum absolute atomic E-state index is 0. The summed E-state index contributed by atoms with van der Waals surface area (Å²) in [5.74, 6) is 0. The zero-order valence-electron chi connectivity index (χ0n) is 1.75. The second kappa shape index (κ2) is 18.4. The molecule has 3 radical (unpaired) electrons. The Balaban J connectivity index is 0. The normalized spacial score (nSPS) is 0. The molecule has 0 spiro atoms. The Kier molecular flexibility index (Phi) is 152. The van der Waals surface area contributed by atoms with Crippen LogP contribution >= 0.6 is 0 Å². The summed E-state index contributed by atoms with van der Waals surface area (Å²) in [6.45, 7) is 0. The fourth-order valence-electron chi connectivity index (χ4n) is 0. The van der Waals surface area contributed by atoms with Crippen LogP contribution in [0.15, 0.2) is 0 Å². The number of hydrogen-bond donors (Lipinski definition) is 0. The van der Waals surface area contributed by atoms with Crippen LogP contribution in [0.2, 0.25) is 0 Å². The summed E-state index contributed by atoms with van der Waals surface area (Å²) >= 11 is 0. The zero-order valence-corrected chi connectivity index (χ0v) is 9.06. The topological polar surface area (TPSA) is 0 Å². The summed E-state index contributed by atoms with van der Waals surface area (Å²) in [6, 6.07) is 0. The monoisotopic (exact) mass is 291 g/mol. The summed E-state index contributed by atoms with van der Waals surface area (Å²) in [7, 11) is 0. The van der Waals surface area contributed by atoms with Crippen molar-refractivity contribution < 1.29 is 50.6 Å². The van der Waals surface area contributed by atoms with Crippen LogP contribution in [0.1, 0.15) is 0 Å². The average molecular weight is 290 g/mol. The van der Waals surface area contributed by atoms with Gasteiger partial charge in [-0.25, -0.2) is 0 Å². The second-order valence-corrected chi connectivity index (χ2v) is 0. The minimum atomic E-state index is 0. The molecule has 0 atom stereocenters. The van der Waals surface area contributed by atoms with Crippen molar-refractivity contribution in [3.05, 3.63) is 0 Å². The van der Waals surface area contributed by atoms with Crippen molar-refractivity contribution in [1.82, 2.24) is 0 Å². The van der Waals surface area contributed by atoms with Gasteiger partial charge in [-0.3, -0.25) is 0 Å². The molecule has 0 fully saturated rings. The SMILES string of the molecule is [Fe].[Mn].[Ni].[SnH2]. The van der Waals surface area contributed by atoms with Gasteiger partial charge >= 0.3 is 23.9 Å². The number of rotatable bonds is 0. The van der Waals surface area contributed by atoms with E-state index >= 15 is 0 Å². The van der Waals surface area contributed by atoms with Crippen LogP contribution < -0.4 is 0 Å². The molecule has 4 heteroatoms. The second-order valence-electron chi connectivity index (χ2n) is 0. The first-order valence-corrected chi connectivity index (χ1v) is 0. The van der Waals surface area contributed by atoms with Crippen molar-refractivity contribution >= 4 is 23.9 Å². The molecule has 0 aliphatic rings. The van der Waals surface area contributed by atoms with E-state index in [0.717, 1.165) is 0 Å². The van der Waals surface area contributed by atoms with Gasteiger partial charge in [0.25, 0.3) is 0 Å². The van der Waals surface area contributed by atoms with E-state index in [1.54, 1.807) is 0 Å². The van der Waals surface area contributed by atoms with E-state index in [1.807, 2.05) is 0 Å². The van der Waals surface area contributed by atoms with Gasteiger partial charge in [0.1, 0.15) is 0 Å². The summed E-state index contributed by atoms with van der Waals surface area (Å²) in [5.41, 5.74) is 0. The molecule has 0 saturated carbocycles. The van der Waals surface area contributed by atoms with Gasteiger partial charge in [0.15, 0.2) is 0 Å². The van der Waals surface area contributed by atoms with E-state index in [9.17, 15) is 0 Å². The first-order chi connectivity index (χ1) is 0. The van der Waals surface area contributed by atoms with Crippen LogP contribution in [-0.2, 0) is 50.6 Å². The van der Waals surface area contributed by atoms with Crippen LogP contribution in [0.25, 0.3) is 0 Å². The maximum atomic E-state index is 0. The van der Waals surface area contributed by atoms with E-state index in [2.05, 4.69) is 0 Å². The molecule has 0 rings (SSSR count). The van der Waals surface area contributed by atoms with Crippen LogP contribution in [0.3, 0.4) is 0 Å². The standard InChI is InChI=1S/Fe.Mn.Ni.Sn.2H. The van der Waals surface area contributed by atoms with Gasteiger partial charge in [-0.05, 0) is 0 Å². The quantitative estimate of drug-likeness (QED) is 0.506. The molecule has 4 heavy (non-hydrogen) atoms. The van der Waals surface area contributed by atoms with E-state index in [-0.39, 0.29) is 74.5 Å². The fraction of sp³-hybridized carbons (Fsp3) is 0. The Morgan fingerprint density at radius 1 is 1.00 bits per heavy atom. The third kappa shape index (κ3) is 8.84. The average Bonchev–Trinajstić information content (AvgIpc) is 0. The molecule has 0 nitrogen and oxygen atoms in total. The predicted octanol–water partition coefficient (Wildman–Crippen LogP) is -0.924. The van der Waals surface area contributed by atoms with E-state index in [0.29, 0.717) is 0 Å². The minimum absolute atomic E-state index is 0. The van der Waals surface area contributed by atoms with Crippen LogP contribution in [0.5, 0.6) is 0 Å². The van der Waals surface area contributed by atoms with Crippen LogP contribution in [0.4, 0.5) is 0 Å². The van der Waals surface area contributed by atoms with Gasteiger partial charge < -0.3 is 0 Å². The Hall–Kier alpha value is 2.33. The van der Waals surface area contributed by atoms with E-state index in [4.69, 9.17) is 0 Å². The molecular formula is H2FeMnNiSn. The third-order valence-electron chi connectivity index (χ3n) is 0. The van der Waals surface area contributed by atoms with Gasteiger partial charge in [0.05, 0.1) is 0 Å². The molecule has 0 unspecified atom stereocenters.